The predicted octanol–water partition coefficient (Wildman–Crippen LogP) is 2.30. The number of esters is 1. The molecule has 1 aromatic carbocycles. The Labute approximate surface area is 149 Å². The number of rotatable bonds is 5. The van der Waals surface area contributed by atoms with Gasteiger partial charge in [-0.15, -0.1) is 0 Å². The van der Waals surface area contributed by atoms with E-state index in [1.807, 2.05) is 12.1 Å². The molecule has 0 bridgehead atoms. The number of aromatic amines is 1. The number of H-pyrrole nitrogens is 1. The van der Waals surface area contributed by atoms with E-state index < -0.39 is 16.0 Å². The molecule has 1 N–H and O–H groups in total. The second-order valence-electron chi connectivity index (χ2n) is 6.01. The van der Waals surface area contributed by atoms with Crippen LogP contribution in [-0.4, -0.2) is 41.7 Å². The molecule has 2 aromatic heterocycles. The van der Waals surface area contributed by atoms with Crippen molar-refractivity contribution in [3.05, 3.63) is 48.1 Å². The summed E-state index contributed by atoms with van der Waals surface area (Å²) in [5.41, 5.74) is 1.36. The topological polar surface area (TPSA) is 106 Å². The van der Waals surface area contributed by atoms with E-state index >= 15 is 0 Å². The summed E-state index contributed by atoms with van der Waals surface area (Å²) in [6.45, 7) is 0.872. The number of sulfonamides is 1. The number of nitrogens with zero attached hydrogens (tertiary/aromatic N) is 2. The Morgan fingerprint density at radius 2 is 2.04 bits per heavy atom. The van der Waals surface area contributed by atoms with Gasteiger partial charge in [-0.1, -0.05) is 12.1 Å². The van der Waals surface area contributed by atoms with Crippen LogP contribution in [0.2, 0.25) is 0 Å². The summed E-state index contributed by atoms with van der Waals surface area (Å²) < 4.78 is 37.0. The fourth-order valence-electron chi connectivity index (χ4n) is 2.91. The van der Waals surface area contributed by atoms with Crippen molar-refractivity contribution in [2.45, 2.75) is 24.3 Å². The maximum atomic E-state index is 12.5. The summed E-state index contributed by atoms with van der Waals surface area (Å²) in [5.74, 6) is -0.397. The third-order valence-electron chi connectivity index (χ3n) is 4.24. The molecular formula is C17H17N3O5S. The van der Waals surface area contributed by atoms with Gasteiger partial charge >= 0.3 is 5.97 Å². The summed E-state index contributed by atoms with van der Waals surface area (Å²) in [4.78, 5) is 19.1. The van der Waals surface area contributed by atoms with E-state index in [1.165, 1.54) is 16.6 Å². The normalized spacial score (nSPS) is 15.5. The molecule has 8 nitrogen and oxygen atoms in total. The Morgan fingerprint density at radius 3 is 2.81 bits per heavy atom. The highest BCUT2D eigenvalue weighted by molar-refractivity contribution is 7.89. The lowest BCUT2D eigenvalue weighted by Gasteiger charge is -2.13. The highest BCUT2D eigenvalue weighted by atomic mass is 32.2. The van der Waals surface area contributed by atoms with Crippen molar-refractivity contribution < 1.29 is 22.4 Å². The molecule has 1 aliphatic rings. The summed E-state index contributed by atoms with van der Waals surface area (Å²) >= 11 is 0. The van der Waals surface area contributed by atoms with E-state index in [0.717, 1.165) is 12.8 Å². The minimum Gasteiger partial charge on any atom is -0.451 e. The van der Waals surface area contributed by atoms with Crippen LogP contribution in [0.25, 0.3) is 11.1 Å². The highest BCUT2D eigenvalue weighted by Crippen LogP contribution is 2.22. The van der Waals surface area contributed by atoms with Crippen molar-refractivity contribution >= 4 is 27.1 Å². The molecule has 3 aromatic rings. The molecule has 1 aliphatic heterocycles. The van der Waals surface area contributed by atoms with Crippen molar-refractivity contribution in [3.8, 4) is 0 Å². The number of hydrogen-bond acceptors (Lipinski definition) is 6. The summed E-state index contributed by atoms with van der Waals surface area (Å²) in [7, 11) is -3.57. The van der Waals surface area contributed by atoms with Gasteiger partial charge in [0.15, 0.2) is 12.2 Å². The van der Waals surface area contributed by atoms with E-state index in [9.17, 15) is 13.2 Å². The van der Waals surface area contributed by atoms with E-state index in [2.05, 4.69) is 9.97 Å². The van der Waals surface area contributed by atoms with Crippen molar-refractivity contribution in [1.29, 1.82) is 0 Å². The van der Waals surface area contributed by atoms with Gasteiger partial charge in [0.1, 0.15) is 16.1 Å². The number of carbonyl (C=O) groups is 1. The smallest absolute Gasteiger partial charge is 0.355 e. The molecule has 0 saturated carbocycles. The Balaban J connectivity index is 1.44. The van der Waals surface area contributed by atoms with Gasteiger partial charge in [0.2, 0.25) is 15.9 Å². The second-order valence-corrected chi connectivity index (χ2v) is 7.95. The molecule has 1 fully saturated rings. The van der Waals surface area contributed by atoms with Crippen molar-refractivity contribution in [1.82, 2.24) is 14.3 Å². The molecule has 136 valence electrons. The van der Waals surface area contributed by atoms with Crippen LogP contribution >= 0.6 is 0 Å². The molecule has 0 radical (unpaired) electrons. The second kappa shape index (κ2) is 6.58. The minimum absolute atomic E-state index is 0.0632. The van der Waals surface area contributed by atoms with Crippen LogP contribution in [0.3, 0.4) is 0 Å². The monoisotopic (exact) mass is 375 g/mol. The lowest BCUT2D eigenvalue weighted by Crippen LogP contribution is -2.27. The van der Waals surface area contributed by atoms with E-state index in [-0.39, 0.29) is 23.1 Å². The van der Waals surface area contributed by atoms with Gasteiger partial charge in [0.25, 0.3) is 0 Å². The molecule has 4 rings (SSSR count). The van der Waals surface area contributed by atoms with Gasteiger partial charge in [-0.3, -0.25) is 0 Å². The number of carbonyl (C=O) groups excluding carboxylic acids is 1. The van der Waals surface area contributed by atoms with Crippen LogP contribution in [0.1, 0.15) is 29.2 Å². The molecule has 0 aliphatic carbocycles. The Morgan fingerprint density at radius 1 is 1.27 bits per heavy atom. The molecule has 0 atom stereocenters. The van der Waals surface area contributed by atoms with Gasteiger partial charge in [0, 0.05) is 19.3 Å². The molecule has 26 heavy (non-hydrogen) atoms. The van der Waals surface area contributed by atoms with Crippen LogP contribution in [0.4, 0.5) is 0 Å². The first-order chi connectivity index (χ1) is 12.5. The van der Waals surface area contributed by atoms with E-state index in [1.54, 1.807) is 12.1 Å². The van der Waals surface area contributed by atoms with Gasteiger partial charge in [-0.2, -0.15) is 4.31 Å². The Hall–Kier alpha value is -2.65. The molecule has 9 heteroatoms. The summed E-state index contributed by atoms with van der Waals surface area (Å²) in [6, 6.07) is 8.52. The SMILES string of the molecule is O=C(OCc1nc2ccccc2o1)c1cc(S(=O)(=O)N2CCCC2)c[nH]1. The first-order valence-electron chi connectivity index (χ1n) is 8.24. The first-order valence-corrected chi connectivity index (χ1v) is 9.68. The number of nitrogens with one attached hydrogen (secondary N) is 1. The maximum Gasteiger partial charge on any atom is 0.355 e. The number of para-hydroxylation sites is 2. The van der Waals surface area contributed by atoms with Crippen LogP contribution in [0, 0.1) is 0 Å². The van der Waals surface area contributed by atoms with Crippen molar-refractivity contribution in [2.75, 3.05) is 13.1 Å². The van der Waals surface area contributed by atoms with Crippen LogP contribution in [0.5, 0.6) is 0 Å². The summed E-state index contributed by atoms with van der Waals surface area (Å²) in [5, 5.41) is 0. The standard InChI is InChI=1S/C17H17N3O5S/c21-17(24-11-16-19-13-5-1-2-6-15(13)25-16)14-9-12(10-18-14)26(22,23)20-7-3-4-8-20/h1-2,5-6,9-10,18H,3-4,7-8,11H2. The molecule has 0 unspecified atom stereocenters. The van der Waals surface area contributed by atoms with Crippen LogP contribution in [-0.2, 0) is 21.4 Å². The number of aromatic nitrogens is 2. The average molecular weight is 375 g/mol. The van der Waals surface area contributed by atoms with Gasteiger partial charge < -0.3 is 14.1 Å². The summed E-state index contributed by atoms with van der Waals surface area (Å²) in [6.07, 6.45) is 3.01. The van der Waals surface area contributed by atoms with Crippen LogP contribution in [0.15, 0.2) is 45.8 Å². The molecule has 0 spiro atoms. The fraction of sp³-hybridized carbons (Fsp3) is 0.294. The quantitative estimate of drug-likeness (QED) is 0.686. The Kier molecular flexibility index (Phi) is 4.25. The lowest BCUT2D eigenvalue weighted by atomic mass is 10.3. The number of oxazole rings is 1. The van der Waals surface area contributed by atoms with Gasteiger partial charge in [0.05, 0.1) is 0 Å². The van der Waals surface area contributed by atoms with E-state index in [4.69, 9.17) is 9.15 Å². The Bertz CT molecular complexity index is 1010. The first kappa shape index (κ1) is 16.8. The highest BCUT2D eigenvalue weighted by Gasteiger charge is 2.28. The van der Waals surface area contributed by atoms with Gasteiger partial charge in [-0.05, 0) is 31.0 Å². The number of ether oxygens (including phenoxy) is 1. The average Bonchev–Trinajstić information content (AvgIpc) is 3.39. The van der Waals surface area contributed by atoms with Gasteiger partial charge in [-0.25, -0.2) is 18.2 Å². The van der Waals surface area contributed by atoms with Crippen molar-refractivity contribution in [3.63, 3.8) is 0 Å². The largest absolute Gasteiger partial charge is 0.451 e. The zero-order valence-corrected chi connectivity index (χ0v) is 14.7. The zero-order valence-electron chi connectivity index (χ0n) is 13.8. The molecule has 3 heterocycles. The van der Waals surface area contributed by atoms with Crippen LogP contribution < -0.4 is 0 Å². The lowest BCUT2D eigenvalue weighted by molar-refractivity contribution is 0.0434. The van der Waals surface area contributed by atoms with E-state index in [0.29, 0.717) is 24.2 Å². The molecule has 0 amide bonds. The molecular weight excluding hydrogens is 358 g/mol. The third kappa shape index (κ3) is 3.11. The maximum absolute atomic E-state index is 12.5. The fourth-order valence-corrected chi connectivity index (χ4v) is 4.42. The number of hydrogen-bond donors (Lipinski definition) is 1. The van der Waals surface area contributed by atoms with Crippen molar-refractivity contribution in [2.24, 2.45) is 0 Å². The third-order valence-corrected chi connectivity index (χ3v) is 6.12. The molecule has 1 saturated heterocycles. The minimum atomic E-state index is -3.57. The zero-order chi connectivity index (χ0) is 18.1. The number of benzene rings is 1. The predicted molar refractivity (Wildman–Crippen MR) is 91.9 cm³/mol. The number of fused-ring (bicyclic) bond motifs is 1.